The number of hydrogen-bond acceptors (Lipinski definition) is 5. The Balaban J connectivity index is 1.85. The summed E-state index contributed by atoms with van der Waals surface area (Å²) >= 11 is 6.40. The maximum Gasteiger partial charge on any atom is 0.275 e. The molecule has 0 aliphatic carbocycles. The molecule has 174 valence electrons. The predicted octanol–water partition coefficient (Wildman–Crippen LogP) is 6.22. The lowest BCUT2D eigenvalue weighted by molar-refractivity contribution is -0.118. The van der Waals surface area contributed by atoms with E-state index in [2.05, 4.69) is 10.5 Å². The third-order valence-corrected chi connectivity index (χ3v) is 5.39. The molecule has 0 aliphatic heterocycles. The van der Waals surface area contributed by atoms with Crippen molar-refractivity contribution in [3.05, 3.63) is 64.3 Å². The number of nitrogens with one attached hydrogen (secondary N) is 1. The van der Waals surface area contributed by atoms with Gasteiger partial charge in [0.05, 0.1) is 12.1 Å². The average Bonchev–Trinajstić information content (AvgIpc) is 2.75. The fraction of sp³-hybridized carbons (Fsp3) is 0.346. The standard InChI is InChI=1S/C26H29ClN2O4/c1-5-6-19(30)12-18-7-8-20(13-23(18)27)33-25-9-10-28-24-11-17(4)21(14-22(24)25)26(31)29-32-15-16(2)3/h7-11,13-14,16H,5-6,12,15H2,1-4H3,(H,29,31). The number of ketones is 1. The number of aromatic nitrogens is 1. The molecule has 1 amide bonds. The Morgan fingerprint density at radius 3 is 2.64 bits per heavy atom. The molecule has 0 fully saturated rings. The Morgan fingerprint density at radius 1 is 1.15 bits per heavy atom. The van der Waals surface area contributed by atoms with Crippen LogP contribution in [0, 0.1) is 12.8 Å². The van der Waals surface area contributed by atoms with Crippen molar-refractivity contribution in [3.63, 3.8) is 0 Å². The van der Waals surface area contributed by atoms with E-state index in [1.807, 2.05) is 39.8 Å². The van der Waals surface area contributed by atoms with E-state index < -0.39 is 0 Å². The molecule has 0 atom stereocenters. The second kappa shape index (κ2) is 11.3. The van der Waals surface area contributed by atoms with Crippen molar-refractivity contribution in [1.29, 1.82) is 0 Å². The van der Waals surface area contributed by atoms with Crippen LogP contribution in [0.5, 0.6) is 11.5 Å². The quantitative estimate of drug-likeness (QED) is 0.357. The summed E-state index contributed by atoms with van der Waals surface area (Å²) in [5, 5.41) is 1.17. The second-order valence-electron chi connectivity index (χ2n) is 8.45. The Labute approximate surface area is 199 Å². The summed E-state index contributed by atoms with van der Waals surface area (Å²) in [5.74, 6) is 1.21. The molecule has 1 N–H and O–H groups in total. The number of benzene rings is 2. The number of nitrogens with zero attached hydrogens (tertiary/aromatic N) is 1. The van der Waals surface area contributed by atoms with E-state index in [0.717, 1.165) is 17.5 Å². The molecule has 0 bridgehead atoms. The SMILES string of the molecule is CCCC(=O)Cc1ccc(Oc2ccnc3cc(C)c(C(=O)NOCC(C)C)cc23)cc1Cl. The van der Waals surface area contributed by atoms with Crippen molar-refractivity contribution in [1.82, 2.24) is 10.5 Å². The summed E-state index contributed by atoms with van der Waals surface area (Å²) < 4.78 is 6.09. The molecular formula is C26H29ClN2O4. The molecule has 1 heterocycles. The molecule has 3 aromatic rings. The molecular weight excluding hydrogens is 440 g/mol. The summed E-state index contributed by atoms with van der Waals surface area (Å²) in [6, 6.07) is 10.6. The van der Waals surface area contributed by atoms with Gasteiger partial charge in [0.15, 0.2) is 0 Å². The second-order valence-corrected chi connectivity index (χ2v) is 8.86. The molecule has 0 spiro atoms. The first kappa shape index (κ1) is 24.7. The van der Waals surface area contributed by atoms with Crippen molar-refractivity contribution in [2.24, 2.45) is 5.92 Å². The number of carbonyl (C=O) groups excluding carboxylic acids is 2. The minimum Gasteiger partial charge on any atom is -0.457 e. The minimum atomic E-state index is -0.325. The lowest BCUT2D eigenvalue weighted by atomic mass is 10.0. The zero-order chi connectivity index (χ0) is 24.0. The van der Waals surface area contributed by atoms with Crippen molar-refractivity contribution in [3.8, 4) is 11.5 Å². The number of carbonyl (C=O) groups is 2. The summed E-state index contributed by atoms with van der Waals surface area (Å²) in [4.78, 5) is 34.3. The van der Waals surface area contributed by atoms with Gasteiger partial charge in [0.25, 0.3) is 5.91 Å². The molecule has 0 radical (unpaired) electrons. The summed E-state index contributed by atoms with van der Waals surface area (Å²) in [7, 11) is 0. The molecule has 0 saturated carbocycles. The maximum atomic E-state index is 12.6. The van der Waals surface area contributed by atoms with Gasteiger partial charge in [0.2, 0.25) is 0 Å². The van der Waals surface area contributed by atoms with Crippen LogP contribution in [0.2, 0.25) is 5.02 Å². The molecule has 0 unspecified atom stereocenters. The maximum absolute atomic E-state index is 12.6. The number of rotatable bonds is 10. The number of Topliss-reactive ketones (excluding diaryl/α,β-unsaturated/α-hetero) is 1. The Bertz CT molecular complexity index is 1160. The van der Waals surface area contributed by atoms with E-state index >= 15 is 0 Å². The van der Waals surface area contributed by atoms with Crippen LogP contribution in [0.3, 0.4) is 0 Å². The van der Waals surface area contributed by atoms with Gasteiger partial charge in [-0.1, -0.05) is 38.4 Å². The van der Waals surface area contributed by atoms with Crippen LogP contribution in [-0.4, -0.2) is 23.3 Å². The van der Waals surface area contributed by atoms with Gasteiger partial charge in [-0.05, 0) is 60.7 Å². The van der Waals surface area contributed by atoms with E-state index in [9.17, 15) is 9.59 Å². The number of halogens is 1. The Morgan fingerprint density at radius 2 is 1.94 bits per heavy atom. The van der Waals surface area contributed by atoms with E-state index in [1.165, 1.54) is 0 Å². The molecule has 2 aromatic carbocycles. The predicted molar refractivity (Wildman–Crippen MR) is 130 cm³/mol. The van der Waals surface area contributed by atoms with Crippen molar-refractivity contribution < 1.29 is 19.2 Å². The summed E-state index contributed by atoms with van der Waals surface area (Å²) in [5.41, 5.74) is 5.24. The lowest BCUT2D eigenvalue weighted by Gasteiger charge is -2.13. The first-order valence-corrected chi connectivity index (χ1v) is 11.5. The van der Waals surface area contributed by atoms with E-state index in [0.29, 0.717) is 58.4 Å². The first-order chi connectivity index (χ1) is 15.8. The smallest absolute Gasteiger partial charge is 0.275 e. The highest BCUT2D eigenvalue weighted by Crippen LogP contribution is 2.32. The van der Waals surface area contributed by atoms with Crippen LogP contribution in [0.1, 0.15) is 55.1 Å². The molecule has 1 aromatic heterocycles. The van der Waals surface area contributed by atoms with Gasteiger partial charge in [0.1, 0.15) is 17.3 Å². The highest BCUT2D eigenvalue weighted by atomic mass is 35.5. The minimum absolute atomic E-state index is 0.159. The van der Waals surface area contributed by atoms with Crippen LogP contribution in [0.15, 0.2) is 42.6 Å². The normalized spacial score (nSPS) is 11.1. The Kier molecular flexibility index (Phi) is 8.42. The van der Waals surface area contributed by atoms with Crippen molar-refractivity contribution in [2.45, 2.75) is 47.0 Å². The van der Waals surface area contributed by atoms with Crippen molar-refractivity contribution >= 4 is 34.2 Å². The zero-order valence-corrected chi connectivity index (χ0v) is 20.2. The summed E-state index contributed by atoms with van der Waals surface area (Å²) in [6.45, 7) is 8.26. The fourth-order valence-corrected chi connectivity index (χ4v) is 3.61. The molecule has 3 rings (SSSR count). The highest BCUT2D eigenvalue weighted by Gasteiger charge is 2.15. The number of ether oxygens (including phenoxy) is 1. The third-order valence-electron chi connectivity index (χ3n) is 5.04. The number of hydrogen-bond donors (Lipinski definition) is 1. The van der Waals surface area contributed by atoms with Gasteiger partial charge >= 0.3 is 0 Å². The highest BCUT2D eigenvalue weighted by molar-refractivity contribution is 6.31. The first-order valence-electron chi connectivity index (χ1n) is 11.1. The number of hydroxylamine groups is 1. The van der Waals surface area contributed by atoms with Crippen LogP contribution < -0.4 is 10.2 Å². The molecule has 7 heteroatoms. The van der Waals surface area contributed by atoms with Crippen LogP contribution in [0.4, 0.5) is 0 Å². The van der Waals surface area contributed by atoms with Crippen LogP contribution >= 0.6 is 11.6 Å². The molecule has 0 aliphatic rings. The number of fused-ring (bicyclic) bond motifs is 1. The summed E-state index contributed by atoms with van der Waals surface area (Å²) in [6.07, 6.45) is 3.31. The molecule has 33 heavy (non-hydrogen) atoms. The van der Waals surface area contributed by atoms with E-state index in [-0.39, 0.29) is 11.7 Å². The van der Waals surface area contributed by atoms with Gasteiger partial charge in [-0.2, -0.15) is 0 Å². The van der Waals surface area contributed by atoms with E-state index in [4.69, 9.17) is 21.2 Å². The van der Waals surface area contributed by atoms with Gasteiger partial charge in [-0.3, -0.25) is 19.4 Å². The Hall–Kier alpha value is -2.96. The average molecular weight is 469 g/mol. The monoisotopic (exact) mass is 468 g/mol. The van der Waals surface area contributed by atoms with Crippen molar-refractivity contribution in [2.75, 3.05) is 6.61 Å². The largest absolute Gasteiger partial charge is 0.457 e. The van der Waals surface area contributed by atoms with Gasteiger partial charge in [0, 0.05) is 35.0 Å². The van der Waals surface area contributed by atoms with Gasteiger partial charge in [-0.25, -0.2) is 5.48 Å². The molecule has 0 saturated heterocycles. The van der Waals surface area contributed by atoms with Gasteiger partial charge < -0.3 is 4.74 Å². The van der Waals surface area contributed by atoms with Crippen LogP contribution in [0.25, 0.3) is 10.9 Å². The lowest BCUT2D eigenvalue weighted by Crippen LogP contribution is -2.26. The zero-order valence-electron chi connectivity index (χ0n) is 19.4. The van der Waals surface area contributed by atoms with Gasteiger partial charge in [-0.15, -0.1) is 0 Å². The molecule has 6 nitrogen and oxygen atoms in total. The van der Waals surface area contributed by atoms with Crippen LogP contribution in [-0.2, 0) is 16.1 Å². The van der Waals surface area contributed by atoms with E-state index in [1.54, 1.807) is 30.5 Å². The fourth-order valence-electron chi connectivity index (χ4n) is 3.38. The number of aryl methyl sites for hydroxylation is 1. The topological polar surface area (TPSA) is 77.5 Å². The number of pyridine rings is 1. The number of amides is 1. The third kappa shape index (κ3) is 6.53.